The van der Waals surface area contributed by atoms with Gasteiger partial charge in [-0.3, -0.25) is 0 Å². The van der Waals surface area contributed by atoms with E-state index in [0.717, 1.165) is 24.0 Å². The zero-order chi connectivity index (χ0) is 16.5. The van der Waals surface area contributed by atoms with Gasteiger partial charge in [0.1, 0.15) is 5.52 Å². The zero-order valence-electron chi connectivity index (χ0n) is 13.2. The van der Waals surface area contributed by atoms with E-state index < -0.39 is 5.97 Å². The van der Waals surface area contributed by atoms with Crippen LogP contribution in [0.25, 0.3) is 22.2 Å². The van der Waals surface area contributed by atoms with Crippen LogP contribution in [0.2, 0.25) is 0 Å². The van der Waals surface area contributed by atoms with E-state index in [9.17, 15) is 4.79 Å². The van der Waals surface area contributed by atoms with Crippen molar-refractivity contribution in [1.29, 1.82) is 0 Å². The second kappa shape index (κ2) is 6.00. The fraction of sp³-hybridized carbons (Fsp3) is 0.263. The maximum Gasteiger partial charge on any atom is 0.335 e. The van der Waals surface area contributed by atoms with Gasteiger partial charge in [-0.25, -0.2) is 4.79 Å². The molecule has 1 fully saturated rings. The van der Waals surface area contributed by atoms with Crippen molar-refractivity contribution in [2.75, 3.05) is 18.0 Å². The molecule has 0 amide bonds. The molecule has 2 aromatic carbocycles. The van der Waals surface area contributed by atoms with Crippen molar-refractivity contribution in [3.8, 4) is 11.3 Å². The first-order chi connectivity index (χ1) is 11.7. The lowest BCUT2D eigenvalue weighted by atomic mass is 10.0. The number of rotatable bonds is 3. The SMILES string of the molecule is O=C(O)c1ccc2noc(-c3ccc(N4CCCCC4)cc3)c2c1. The molecule has 3 aromatic rings. The normalized spacial score (nSPS) is 14.9. The van der Waals surface area contributed by atoms with E-state index in [1.54, 1.807) is 12.1 Å². The summed E-state index contributed by atoms with van der Waals surface area (Å²) in [6.45, 7) is 2.21. The minimum atomic E-state index is -0.954. The predicted molar refractivity (Wildman–Crippen MR) is 92.5 cm³/mol. The van der Waals surface area contributed by atoms with Gasteiger partial charge in [-0.2, -0.15) is 0 Å². The minimum Gasteiger partial charge on any atom is -0.478 e. The lowest BCUT2D eigenvalue weighted by molar-refractivity contribution is 0.0697. The Hall–Kier alpha value is -2.82. The van der Waals surface area contributed by atoms with Crippen LogP contribution in [0.5, 0.6) is 0 Å². The van der Waals surface area contributed by atoms with E-state index in [2.05, 4.69) is 22.2 Å². The van der Waals surface area contributed by atoms with E-state index >= 15 is 0 Å². The molecule has 0 atom stereocenters. The molecule has 1 aromatic heterocycles. The third-order valence-corrected chi connectivity index (χ3v) is 4.57. The fourth-order valence-corrected chi connectivity index (χ4v) is 3.26. The number of carboxylic acid groups (broad SMARTS) is 1. The molecule has 1 aliphatic heterocycles. The third kappa shape index (κ3) is 2.62. The maximum atomic E-state index is 11.2. The van der Waals surface area contributed by atoms with Crippen LogP contribution < -0.4 is 4.90 Å². The standard InChI is InChI=1S/C19H18N2O3/c22-19(23)14-6-9-17-16(12-14)18(24-20-17)13-4-7-15(8-5-13)21-10-2-1-3-11-21/h4-9,12H,1-3,10-11H2,(H,22,23). The van der Waals surface area contributed by atoms with Crippen molar-refractivity contribution >= 4 is 22.6 Å². The Morgan fingerprint density at radius 3 is 2.50 bits per heavy atom. The van der Waals surface area contributed by atoms with Crippen LogP contribution in [0.3, 0.4) is 0 Å². The fourth-order valence-electron chi connectivity index (χ4n) is 3.26. The van der Waals surface area contributed by atoms with Crippen LogP contribution in [0.1, 0.15) is 29.6 Å². The number of aromatic carboxylic acids is 1. The Balaban J connectivity index is 1.69. The molecule has 1 N–H and O–H groups in total. The molecule has 0 aliphatic carbocycles. The van der Waals surface area contributed by atoms with E-state index in [-0.39, 0.29) is 5.56 Å². The summed E-state index contributed by atoms with van der Waals surface area (Å²) in [5.41, 5.74) is 3.02. The average Bonchev–Trinajstić information content (AvgIpc) is 3.06. The Kier molecular flexibility index (Phi) is 3.69. The van der Waals surface area contributed by atoms with Crippen molar-refractivity contribution in [2.24, 2.45) is 0 Å². The lowest BCUT2D eigenvalue weighted by Gasteiger charge is -2.28. The summed E-state index contributed by atoms with van der Waals surface area (Å²) in [4.78, 5) is 13.6. The van der Waals surface area contributed by atoms with E-state index in [0.29, 0.717) is 11.3 Å². The molecular weight excluding hydrogens is 304 g/mol. The van der Waals surface area contributed by atoms with Crippen molar-refractivity contribution in [3.05, 3.63) is 48.0 Å². The lowest BCUT2D eigenvalue weighted by Crippen LogP contribution is -2.29. The second-order valence-electron chi connectivity index (χ2n) is 6.14. The molecule has 1 saturated heterocycles. The summed E-state index contributed by atoms with van der Waals surface area (Å²) < 4.78 is 5.46. The molecule has 5 heteroatoms. The van der Waals surface area contributed by atoms with Crippen molar-refractivity contribution in [1.82, 2.24) is 5.16 Å². The number of nitrogens with zero attached hydrogens (tertiary/aromatic N) is 2. The Bertz CT molecular complexity index is 877. The number of hydrogen-bond acceptors (Lipinski definition) is 4. The van der Waals surface area contributed by atoms with Crippen molar-refractivity contribution < 1.29 is 14.4 Å². The number of carbonyl (C=O) groups is 1. The third-order valence-electron chi connectivity index (χ3n) is 4.57. The molecule has 0 bridgehead atoms. The molecule has 5 nitrogen and oxygen atoms in total. The Morgan fingerprint density at radius 1 is 1.04 bits per heavy atom. The molecule has 0 unspecified atom stereocenters. The number of piperidine rings is 1. The van der Waals surface area contributed by atoms with Gasteiger partial charge in [0, 0.05) is 24.3 Å². The summed E-state index contributed by atoms with van der Waals surface area (Å²) in [6.07, 6.45) is 3.80. The van der Waals surface area contributed by atoms with Gasteiger partial charge in [-0.05, 0) is 61.7 Å². The molecule has 24 heavy (non-hydrogen) atoms. The summed E-state index contributed by atoms with van der Waals surface area (Å²) in [6, 6.07) is 13.0. The smallest absolute Gasteiger partial charge is 0.335 e. The summed E-state index contributed by atoms with van der Waals surface area (Å²) in [5, 5.41) is 13.9. The van der Waals surface area contributed by atoms with Gasteiger partial charge in [-0.15, -0.1) is 0 Å². The van der Waals surface area contributed by atoms with Gasteiger partial charge >= 0.3 is 5.97 Å². The van der Waals surface area contributed by atoms with Crippen LogP contribution >= 0.6 is 0 Å². The molecule has 0 saturated carbocycles. The molecular formula is C19H18N2O3. The molecule has 122 valence electrons. The Morgan fingerprint density at radius 2 is 1.79 bits per heavy atom. The molecule has 1 aliphatic rings. The first kappa shape index (κ1) is 14.8. The second-order valence-corrected chi connectivity index (χ2v) is 6.14. The quantitative estimate of drug-likeness (QED) is 0.783. The van der Waals surface area contributed by atoms with Crippen LogP contribution in [-0.2, 0) is 0 Å². The molecule has 4 rings (SSSR count). The molecule has 0 radical (unpaired) electrons. The van der Waals surface area contributed by atoms with Crippen LogP contribution in [0, 0.1) is 0 Å². The first-order valence-electron chi connectivity index (χ1n) is 8.20. The number of fused-ring (bicyclic) bond motifs is 1. The highest BCUT2D eigenvalue weighted by molar-refractivity contribution is 5.98. The highest BCUT2D eigenvalue weighted by Gasteiger charge is 2.15. The van der Waals surface area contributed by atoms with E-state index in [4.69, 9.17) is 9.63 Å². The van der Waals surface area contributed by atoms with Gasteiger partial charge in [0.25, 0.3) is 0 Å². The summed E-state index contributed by atoms with van der Waals surface area (Å²) >= 11 is 0. The van der Waals surface area contributed by atoms with Crippen LogP contribution in [0.15, 0.2) is 47.0 Å². The highest BCUT2D eigenvalue weighted by Crippen LogP contribution is 2.31. The van der Waals surface area contributed by atoms with Crippen LogP contribution in [-0.4, -0.2) is 29.3 Å². The number of carboxylic acids is 1. The minimum absolute atomic E-state index is 0.233. The van der Waals surface area contributed by atoms with Gasteiger partial charge in [0.15, 0.2) is 5.76 Å². The Labute approximate surface area is 139 Å². The number of anilines is 1. The van der Waals surface area contributed by atoms with Crippen LogP contribution in [0.4, 0.5) is 5.69 Å². The van der Waals surface area contributed by atoms with Crippen molar-refractivity contribution in [3.63, 3.8) is 0 Å². The summed E-state index contributed by atoms with van der Waals surface area (Å²) in [5.74, 6) is -0.345. The van der Waals surface area contributed by atoms with Gasteiger partial charge in [0.05, 0.1) is 10.9 Å². The predicted octanol–water partition coefficient (Wildman–Crippen LogP) is 4.18. The van der Waals surface area contributed by atoms with E-state index in [1.807, 2.05) is 12.1 Å². The number of hydrogen-bond donors (Lipinski definition) is 1. The monoisotopic (exact) mass is 322 g/mol. The first-order valence-corrected chi connectivity index (χ1v) is 8.20. The van der Waals surface area contributed by atoms with Gasteiger partial charge in [0.2, 0.25) is 0 Å². The van der Waals surface area contributed by atoms with Gasteiger partial charge in [-0.1, -0.05) is 5.16 Å². The zero-order valence-corrected chi connectivity index (χ0v) is 13.2. The van der Waals surface area contributed by atoms with E-state index in [1.165, 1.54) is 31.0 Å². The molecule has 0 spiro atoms. The number of benzene rings is 2. The van der Waals surface area contributed by atoms with Gasteiger partial charge < -0.3 is 14.5 Å². The largest absolute Gasteiger partial charge is 0.478 e. The molecule has 2 heterocycles. The maximum absolute atomic E-state index is 11.2. The topological polar surface area (TPSA) is 66.6 Å². The van der Waals surface area contributed by atoms with Crippen molar-refractivity contribution in [2.45, 2.75) is 19.3 Å². The highest BCUT2D eigenvalue weighted by atomic mass is 16.5. The summed E-state index contributed by atoms with van der Waals surface area (Å²) in [7, 11) is 0. The average molecular weight is 322 g/mol. The number of aromatic nitrogens is 1.